The first-order valence-electron chi connectivity index (χ1n) is 7.84. The molecular formula is C18H27N3O2. The molecule has 0 aliphatic heterocycles. The fourth-order valence-corrected chi connectivity index (χ4v) is 2.38. The molecule has 0 aliphatic carbocycles. The Hall–Kier alpha value is -2.01. The average molecular weight is 317 g/mol. The second kappa shape index (κ2) is 7.04. The van der Waals surface area contributed by atoms with Gasteiger partial charge in [0.1, 0.15) is 11.5 Å². The predicted molar refractivity (Wildman–Crippen MR) is 92.0 cm³/mol. The summed E-state index contributed by atoms with van der Waals surface area (Å²) < 4.78 is 12.8. The van der Waals surface area contributed by atoms with Crippen LogP contribution in [0.25, 0.3) is 0 Å². The summed E-state index contributed by atoms with van der Waals surface area (Å²) in [5.74, 6) is 1.69. The van der Waals surface area contributed by atoms with E-state index in [4.69, 9.17) is 9.47 Å². The fraction of sp³-hybridized carbons (Fsp3) is 0.500. The van der Waals surface area contributed by atoms with Crippen molar-refractivity contribution in [3.05, 3.63) is 41.7 Å². The van der Waals surface area contributed by atoms with Crippen molar-refractivity contribution in [1.82, 2.24) is 15.1 Å². The molecule has 1 aromatic heterocycles. The molecule has 0 radical (unpaired) electrons. The lowest BCUT2D eigenvalue weighted by atomic mass is 10.1. The van der Waals surface area contributed by atoms with Gasteiger partial charge in [-0.25, -0.2) is 0 Å². The Morgan fingerprint density at radius 2 is 1.96 bits per heavy atom. The number of aromatic nitrogens is 2. The Morgan fingerprint density at radius 3 is 2.52 bits per heavy atom. The number of hydrogen-bond acceptors (Lipinski definition) is 4. The van der Waals surface area contributed by atoms with Gasteiger partial charge in [-0.1, -0.05) is 0 Å². The lowest BCUT2D eigenvalue weighted by Gasteiger charge is -2.19. The summed E-state index contributed by atoms with van der Waals surface area (Å²) in [6.45, 7) is 9.28. The van der Waals surface area contributed by atoms with Crippen LogP contribution >= 0.6 is 0 Å². The third-order valence-corrected chi connectivity index (χ3v) is 3.84. The van der Waals surface area contributed by atoms with Crippen molar-refractivity contribution in [3.63, 3.8) is 0 Å². The quantitative estimate of drug-likeness (QED) is 0.886. The summed E-state index contributed by atoms with van der Waals surface area (Å²) in [5.41, 5.74) is 2.24. The number of methoxy groups -OCH3 is 2. The zero-order chi connectivity index (χ0) is 17.0. The molecule has 5 heteroatoms. The lowest BCUT2D eigenvalue weighted by Crippen LogP contribution is -2.22. The maximum Gasteiger partial charge on any atom is 0.123 e. The van der Waals surface area contributed by atoms with E-state index in [2.05, 4.69) is 44.3 Å². The zero-order valence-corrected chi connectivity index (χ0v) is 14.9. The minimum Gasteiger partial charge on any atom is -0.497 e. The molecule has 126 valence electrons. The van der Waals surface area contributed by atoms with E-state index in [1.165, 1.54) is 0 Å². The van der Waals surface area contributed by atoms with Gasteiger partial charge in [-0.2, -0.15) is 5.10 Å². The molecule has 1 N–H and O–H groups in total. The summed E-state index contributed by atoms with van der Waals surface area (Å²) in [6.07, 6.45) is 4.00. The Morgan fingerprint density at radius 1 is 1.22 bits per heavy atom. The monoisotopic (exact) mass is 317 g/mol. The van der Waals surface area contributed by atoms with Crippen molar-refractivity contribution in [1.29, 1.82) is 0 Å². The van der Waals surface area contributed by atoms with E-state index in [1.54, 1.807) is 14.2 Å². The van der Waals surface area contributed by atoms with Crippen molar-refractivity contribution < 1.29 is 9.47 Å². The molecule has 0 saturated carbocycles. The number of nitrogens with zero attached hydrogens (tertiary/aromatic N) is 2. The van der Waals surface area contributed by atoms with Crippen molar-refractivity contribution in [2.45, 2.75) is 45.8 Å². The van der Waals surface area contributed by atoms with E-state index in [0.717, 1.165) is 29.2 Å². The maximum absolute atomic E-state index is 5.45. The van der Waals surface area contributed by atoms with Gasteiger partial charge in [-0.3, -0.25) is 4.68 Å². The number of hydrogen-bond donors (Lipinski definition) is 1. The van der Waals surface area contributed by atoms with E-state index in [9.17, 15) is 0 Å². The molecule has 0 amide bonds. The van der Waals surface area contributed by atoms with Crippen LogP contribution in [0.4, 0.5) is 0 Å². The summed E-state index contributed by atoms with van der Waals surface area (Å²) in [7, 11) is 3.36. The molecule has 0 spiro atoms. The van der Waals surface area contributed by atoms with Gasteiger partial charge in [0, 0.05) is 29.9 Å². The summed E-state index contributed by atoms with van der Waals surface area (Å²) in [6, 6.07) is 5.99. The van der Waals surface area contributed by atoms with Gasteiger partial charge >= 0.3 is 0 Å². The zero-order valence-electron chi connectivity index (χ0n) is 14.9. The van der Waals surface area contributed by atoms with Crippen molar-refractivity contribution >= 4 is 0 Å². The highest BCUT2D eigenvalue weighted by molar-refractivity contribution is 5.42. The number of benzene rings is 1. The summed E-state index contributed by atoms with van der Waals surface area (Å²) in [4.78, 5) is 0. The Labute approximate surface area is 138 Å². The van der Waals surface area contributed by atoms with E-state index in [0.29, 0.717) is 0 Å². The summed E-state index contributed by atoms with van der Waals surface area (Å²) in [5, 5.41) is 7.95. The average Bonchev–Trinajstić information content (AvgIpc) is 3.01. The number of ether oxygens (including phenoxy) is 2. The highest BCUT2D eigenvalue weighted by Crippen LogP contribution is 2.29. The van der Waals surface area contributed by atoms with Gasteiger partial charge in [0.25, 0.3) is 0 Å². The fourth-order valence-electron chi connectivity index (χ4n) is 2.38. The third kappa shape index (κ3) is 4.26. The molecule has 1 atom stereocenters. The van der Waals surface area contributed by atoms with Crippen molar-refractivity contribution in [2.24, 2.45) is 0 Å². The van der Waals surface area contributed by atoms with Crippen LogP contribution in [0.3, 0.4) is 0 Å². The van der Waals surface area contributed by atoms with Crippen LogP contribution in [0.1, 0.15) is 44.9 Å². The van der Waals surface area contributed by atoms with Gasteiger partial charge < -0.3 is 14.8 Å². The molecule has 0 fully saturated rings. The standard InChI is InChI=1S/C18H27N3O2/c1-13(16-9-15(22-5)7-8-17(16)23-6)19-10-14-11-20-21(12-14)18(2,3)4/h7-9,11-13,19H,10H2,1-6H3/t13-/m0/s1. The molecular weight excluding hydrogens is 290 g/mol. The number of rotatable bonds is 6. The van der Waals surface area contributed by atoms with E-state index in [1.807, 2.05) is 29.1 Å². The smallest absolute Gasteiger partial charge is 0.123 e. The molecule has 0 aliphatic rings. The van der Waals surface area contributed by atoms with Crippen LogP contribution in [0.5, 0.6) is 11.5 Å². The van der Waals surface area contributed by atoms with Crippen LogP contribution in [0.2, 0.25) is 0 Å². The molecule has 2 aromatic rings. The van der Waals surface area contributed by atoms with Gasteiger partial charge in [0.2, 0.25) is 0 Å². The van der Waals surface area contributed by atoms with Crippen LogP contribution in [0.15, 0.2) is 30.6 Å². The minimum absolute atomic E-state index is 0.000117. The minimum atomic E-state index is -0.000117. The predicted octanol–water partition coefficient (Wildman–Crippen LogP) is 3.51. The van der Waals surface area contributed by atoms with E-state index < -0.39 is 0 Å². The van der Waals surface area contributed by atoms with Gasteiger partial charge in [-0.05, 0) is 45.9 Å². The second-order valence-corrected chi connectivity index (χ2v) is 6.67. The first-order chi connectivity index (χ1) is 10.8. The van der Waals surface area contributed by atoms with Crippen LogP contribution in [0, 0.1) is 0 Å². The summed E-state index contributed by atoms with van der Waals surface area (Å²) >= 11 is 0. The Kier molecular flexibility index (Phi) is 5.31. The molecule has 23 heavy (non-hydrogen) atoms. The largest absolute Gasteiger partial charge is 0.497 e. The van der Waals surface area contributed by atoms with E-state index in [-0.39, 0.29) is 11.6 Å². The van der Waals surface area contributed by atoms with Gasteiger partial charge in [0.05, 0.1) is 26.0 Å². The molecule has 1 heterocycles. The highest BCUT2D eigenvalue weighted by Gasteiger charge is 2.15. The topological polar surface area (TPSA) is 48.3 Å². The van der Waals surface area contributed by atoms with Crippen molar-refractivity contribution in [3.8, 4) is 11.5 Å². The third-order valence-electron chi connectivity index (χ3n) is 3.84. The molecule has 0 saturated heterocycles. The SMILES string of the molecule is COc1ccc(OC)c([C@H](C)NCc2cnn(C(C)(C)C)c2)c1. The molecule has 2 rings (SSSR count). The molecule has 0 bridgehead atoms. The van der Waals surface area contributed by atoms with Gasteiger partial charge in [0.15, 0.2) is 0 Å². The van der Waals surface area contributed by atoms with Crippen molar-refractivity contribution in [2.75, 3.05) is 14.2 Å². The van der Waals surface area contributed by atoms with Crippen LogP contribution in [-0.4, -0.2) is 24.0 Å². The first-order valence-corrected chi connectivity index (χ1v) is 7.84. The Bertz CT molecular complexity index is 644. The molecule has 0 unspecified atom stereocenters. The van der Waals surface area contributed by atoms with Crippen LogP contribution in [-0.2, 0) is 12.1 Å². The van der Waals surface area contributed by atoms with E-state index >= 15 is 0 Å². The highest BCUT2D eigenvalue weighted by atomic mass is 16.5. The molecule has 5 nitrogen and oxygen atoms in total. The van der Waals surface area contributed by atoms with Crippen LogP contribution < -0.4 is 14.8 Å². The normalized spacial score (nSPS) is 13.0. The molecule has 1 aromatic carbocycles. The Balaban J connectivity index is 2.07. The number of nitrogens with one attached hydrogen (secondary N) is 1. The first kappa shape index (κ1) is 17.3. The second-order valence-electron chi connectivity index (χ2n) is 6.67. The lowest BCUT2D eigenvalue weighted by molar-refractivity contribution is 0.355. The maximum atomic E-state index is 5.45. The van der Waals surface area contributed by atoms with Gasteiger partial charge in [-0.15, -0.1) is 0 Å².